The van der Waals surface area contributed by atoms with E-state index in [4.69, 9.17) is 30.5 Å². The van der Waals surface area contributed by atoms with E-state index in [0.29, 0.717) is 43.0 Å². The quantitative estimate of drug-likeness (QED) is 0.552. The second-order valence-corrected chi connectivity index (χ2v) is 10.2. The predicted molar refractivity (Wildman–Crippen MR) is 126 cm³/mol. The van der Waals surface area contributed by atoms with Crippen LogP contribution in [-0.4, -0.2) is 49.2 Å². The fourth-order valence-electron chi connectivity index (χ4n) is 4.13. The minimum Gasteiger partial charge on any atom is -0.489 e. The zero-order valence-corrected chi connectivity index (χ0v) is 20.2. The van der Waals surface area contributed by atoms with E-state index in [1.54, 1.807) is 36.2 Å². The maximum atomic E-state index is 13.4. The van der Waals surface area contributed by atoms with Gasteiger partial charge in [0.2, 0.25) is 0 Å². The molecule has 0 radical (unpaired) electrons. The smallest absolute Gasteiger partial charge is 0.344 e. The van der Waals surface area contributed by atoms with Gasteiger partial charge in [0.1, 0.15) is 24.0 Å². The number of hydrogen-bond donors (Lipinski definition) is 0. The molecule has 2 aromatic rings. The second kappa shape index (κ2) is 9.33. The Hall–Kier alpha value is -2.00. The van der Waals surface area contributed by atoms with Crippen molar-refractivity contribution in [1.29, 1.82) is 0 Å². The van der Waals surface area contributed by atoms with E-state index in [1.165, 1.54) is 0 Å². The van der Waals surface area contributed by atoms with Crippen LogP contribution in [0.2, 0.25) is 5.02 Å². The Balaban J connectivity index is 1.51. The highest BCUT2D eigenvalue weighted by Gasteiger charge is 2.34. The number of carbonyl (C=O) groups is 1. The van der Waals surface area contributed by atoms with Crippen LogP contribution in [-0.2, 0) is 20.0 Å². The van der Waals surface area contributed by atoms with E-state index in [9.17, 15) is 9.59 Å². The third-order valence-electron chi connectivity index (χ3n) is 5.77. The van der Waals surface area contributed by atoms with Gasteiger partial charge in [-0.2, -0.15) is 0 Å². The van der Waals surface area contributed by atoms with E-state index in [0.717, 1.165) is 34.6 Å². The van der Waals surface area contributed by atoms with Crippen LogP contribution in [0.5, 0.6) is 5.75 Å². The Morgan fingerprint density at radius 1 is 1.27 bits per heavy atom. The first-order valence-corrected chi connectivity index (χ1v) is 12.6. The largest absolute Gasteiger partial charge is 0.489 e. The second-order valence-electron chi connectivity index (χ2n) is 8.74. The Bertz CT molecular complexity index is 1140. The number of ether oxygens (including phenoxy) is 4. The summed E-state index contributed by atoms with van der Waals surface area (Å²) < 4.78 is 24.1. The molecule has 1 saturated heterocycles. The van der Waals surface area contributed by atoms with Crippen LogP contribution in [0.4, 0.5) is 0 Å². The number of pyridine rings is 1. The highest BCUT2D eigenvalue weighted by atomic mass is 35.5. The lowest BCUT2D eigenvalue weighted by Crippen LogP contribution is -2.33. The first-order chi connectivity index (χ1) is 15.9. The zero-order valence-electron chi connectivity index (χ0n) is 18.6. The summed E-state index contributed by atoms with van der Waals surface area (Å²) in [6.45, 7) is 5.57. The summed E-state index contributed by atoms with van der Waals surface area (Å²) in [5.74, 6) is 0.648. The molecule has 0 unspecified atom stereocenters. The van der Waals surface area contributed by atoms with Crippen LogP contribution in [0, 0.1) is 0 Å². The van der Waals surface area contributed by atoms with Crippen molar-refractivity contribution < 1.29 is 23.7 Å². The first-order valence-electron chi connectivity index (χ1n) is 11.2. The molecule has 7 nitrogen and oxygen atoms in total. The molecule has 1 atom stereocenters. The molecular weight excluding hydrogens is 466 g/mol. The summed E-state index contributed by atoms with van der Waals surface area (Å²) in [7, 11) is 0. The van der Waals surface area contributed by atoms with Crippen LogP contribution in [0.15, 0.2) is 27.9 Å². The molecule has 3 aliphatic rings. The molecule has 0 bridgehead atoms. The monoisotopic (exact) mass is 491 g/mol. The highest BCUT2D eigenvalue weighted by Crippen LogP contribution is 2.48. The first kappa shape index (κ1) is 22.8. The number of carbonyl (C=O) groups excluding carboxylic acids is 1. The average molecular weight is 492 g/mol. The molecule has 1 aromatic carbocycles. The van der Waals surface area contributed by atoms with Gasteiger partial charge in [0, 0.05) is 22.3 Å². The minimum absolute atomic E-state index is 0.0900. The van der Waals surface area contributed by atoms with Gasteiger partial charge in [-0.05, 0) is 50.5 Å². The van der Waals surface area contributed by atoms with Gasteiger partial charge in [-0.25, -0.2) is 4.79 Å². The van der Waals surface area contributed by atoms with Crippen molar-refractivity contribution in [1.82, 2.24) is 4.57 Å². The summed E-state index contributed by atoms with van der Waals surface area (Å²) in [4.78, 5) is 27.0. The lowest BCUT2D eigenvalue weighted by atomic mass is 10.0. The van der Waals surface area contributed by atoms with Crippen LogP contribution in [0.3, 0.4) is 0 Å². The molecule has 0 spiro atoms. The van der Waals surface area contributed by atoms with Gasteiger partial charge in [-0.3, -0.25) is 4.79 Å². The van der Waals surface area contributed by atoms with Crippen molar-refractivity contribution >= 4 is 29.3 Å². The van der Waals surface area contributed by atoms with Gasteiger partial charge in [-0.1, -0.05) is 11.6 Å². The fourth-order valence-corrected chi connectivity index (χ4v) is 5.38. The number of hydrogen-bond acceptors (Lipinski definition) is 7. The number of esters is 1. The SMILES string of the molecule is CC(C)OC(=O)c1cc2c(n(C3CC3)c1=O)-c1cc(Cl)c(OC[C@H]3COCCO3)cc1SC2. The Morgan fingerprint density at radius 2 is 2.09 bits per heavy atom. The Kier molecular flexibility index (Phi) is 6.44. The summed E-state index contributed by atoms with van der Waals surface area (Å²) >= 11 is 8.24. The van der Waals surface area contributed by atoms with E-state index in [-0.39, 0.29) is 29.4 Å². The third kappa shape index (κ3) is 4.67. The lowest BCUT2D eigenvalue weighted by molar-refractivity contribution is -0.101. The maximum Gasteiger partial charge on any atom is 0.344 e. The Morgan fingerprint density at radius 3 is 2.79 bits per heavy atom. The van der Waals surface area contributed by atoms with E-state index < -0.39 is 5.97 Å². The summed E-state index contributed by atoms with van der Waals surface area (Å²) in [6, 6.07) is 5.57. The van der Waals surface area contributed by atoms with Crippen LogP contribution in [0.25, 0.3) is 11.3 Å². The standard InChI is InChI=1S/C24H26ClNO6S/c1-13(2)32-24(28)18-7-14-12-33-21-9-20(31-11-16-10-29-5-6-30-16)19(25)8-17(21)22(14)26(23(18)27)15-3-4-15/h7-9,13,15-16H,3-6,10-12H2,1-2H3/t16-/m1/s1. The fraction of sp³-hybridized carbons (Fsp3) is 0.500. The number of aromatic nitrogens is 1. The van der Waals surface area contributed by atoms with Crippen molar-refractivity contribution in [3.05, 3.63) is 44.7 Å². The van der Waals surface area contributed by atoms with Gasteiger partial charge >= 0.3 is 5.97 Å². The van der Waals surface area contributed by atoms with E-state index in [2.05, 4.69) is 0 Å². The molecule has 1 saturated carbocycles. The minimum atomic E-state index is -0.571. The zero-order chi connectivity index (χ0) is 23.1. The molecule has 1 aliphatic carbocycles. The number of fused-ring (bicyclic) bond motifs is 3. The average Bonchev–Trinajstić information content (AvgIpc) is 3.62. The summed E-state index contributed by atoms with van der Waals surface area (Å²) in [5, 5.41) is 0.469. The molecule has 33 heavy (non-hydrogen) atoms. The van der Waals surface area contributed by atoms with Crippen LogP contribution in [0.1, 0.15) is 48.7 Å². The molecule has 0 amide bonds. The van der Waals surface area contributed by atoms with Crippen molar-refractivity contribution in [3.8, 4) is 17.0 Å². The maximum absolute atomic E-state index is 13.4. The molecule has 2 fully saturated rings. The van der Waals surface area contributed by atoms with Gasteiger partial charge < -0.3 is 23.5 Å². The molecule has 2 aliphatic heterocycles. The predicted octanol–water partition coefficient (Wildman–Crippen LogP) is 4.47. The molecule has 5 rings (SSSR count). The number of rotatable bonds is 6. The van der Waals surface area contributed by atoms with Crippen molar-refractivity contribution in [2.75, 3.05) is 26.4 Å². The van der Waals surface area contributed by atoms with Crippen molar-refractivity contribution in [2.45, 2.75) is 55.6 Å². The third-order valence-corrected chi connectivity index (χ3v) is 7.17. The van der Waals surface area contributed by atoms with Gasteiger partial charge in [0.15, 0.2) is 0 Å². The lowest BCUT2D eigenvalue weighted by Gasteiger charge is -2.26. The van der Waals surface area contributed by atoms with Gasteiger partial charge in [0.25, 0.3) is 5.56 Å². The normalized spacial score (nSPS) is 19.7. The number of halogens is 1. The molecular formula is C24H26ClNO6S. The highest BCUT2D eigenvalue weighted by molar-refractivity contribution is 7.98. The number of thioether (sulfide) groups is 1. The topological polar surface area (TPSA) is 76.0 Å². The molecule has 3 heterocycles. The molecule has 9 heteroatoms. The molecule has 176 valence electrons. The van der Waals surface area contributed by atoms with Crippen LogP contribution >= 0.6 is 23.4 Å². The van der Waals surface area contributed by atoms with Gasteiger partial charge in [0.05, 0.1) is 36.6 Å². The number of nitrogens with zero attached hydrogens (tertiary/aromatic N) is 1. The number of benzene rings is 1. The van der Waals surface area contributed by atoms with Gasteiger partial charge in [-0.15, -0.1) is 11.8 Å². The van der Waals surface area contributed by atoms with E-state index >= 15 is 0 Å². The molecule has 0 N–H and O–H groups in total. The van der Waals surface area contributed by atoms with Crippen molar-refractivity contribution in [3.63, 3.8) is 0 Å². The summed E-state index contributed by atoms with van der Waals surface area (Å²) in [5.41, 5.74) is 2.47. The van der Waals surface area contributed by atoms with E-state index in [1.807, 2.05) is 12.1 Å². The van der Waals surface area contributed by atoms with Crippen LogP contribution < -0.4 is 10.3 Å². The molecule has 1 aromatic heterocycles. The summed E-state index contributed by atoms with van der Waals surface area (Å²) in [6.07, 6.45) is 1.41. The Labute approximate surface area is 201 Å². The van der Waals surface area contributed by atoms with Crippen molar-refractivity contribution in [2.24, 2.45) is 0 Å².